The quantitative estimate of drug-likeness (QED) is 0.560. The van der Waals surface area contributed by atoms with Crippen LogP contribution in [0, 0.1) is 5.92 Å². The minimum atomic E-state index is -0.213. The Bertz CT molecular complexity index is 90.9. The van der Waals surface area contributed by atoms with Crippen LogP contribution >= 0.6 is 11.6 Å². The molecule has 0 spiro atoms. The molecular formula is C7H13ClO. The number of carbonyl (C=O) groups excluding carboxylic acids is 1. The van der Waals surface area contributed by atoms with Crippen LogP contribution in [0.2, 0.25) is 0 Å². The van der Waals surface area contributed by atoms with Gasteiger partial charge < -0.3 is 0 Å². The van der Waals surface area contributed by atoms with E-state index in [1.54, 1.807) is 0 Å². The van der Waals surface area contributed by atoms with E-state index in [1.807, 2.05) is 0 Å². The van der Waals surface area contributed by atoms with Gasteiger partial charge >= 0.3 is 0 Å². The second kappa shape index (κ2) is 4.80. The predicted molar refractivity (Wildman–Crippen MR) is 39.5 cm³/mol. The SMILES string of the molecule is CC[C@H](C)CCC(=O)Cl. The lowest BCUT2D eigenvalue weighted by Crippen LogP contribution is -1.94. The van der Waals surface area contributed by atoms with Crippen LogP contribution in [0.15, 0.2) is 0 Å². The summed E-state index contributed by atoms with van der Waals surface area (Å²) in [5, 5.41) is -0.213. The second-order valence-electron chi connectivity index (χ2n) is 2.41. The summed E-state index contributed by atoms with van der Waals surface area (Å²) < 4.78 is 0. The van der Waals surface area contributed by atoms with Crippen molar-refractivity contribution < 1.29 is 4.79 Å². The largest absolute Gasteiger partial charge is 0.281 e. The molecule has 2 heteroatoms. The molecule has 54 valence electrons. The highest BCUT2D eigenvalue weighted by Gasteiger charge is 2.00. The highest BCUT2D eigenvalue weighted by atomic mass is 35.5. The van der Waals surface area contributed by atoms with Crippen LogP contribution in [0.5, 0.6) is 0 Å². The Kier molecular flexibility index (Phi) is 4.78. The Morgan fingerprint density at radius 2 is 2.22 bits per heavy atom. The number of rotatable bonds is 4. The number of hydrogen-bond acceptors (Lipinski definition) is 1. The molecule has 0 aromatic heterocycles. The molecular weight excluding hydrogens is 136 g/mol. The molecule has 0 aromatic carbocycles. The fourth-order valence-corrected chi connectivity index (χ4v) is 0.673. The molecule has 0 radical (unpaired) electrons. The van der Waals surface area contributed by atoms with Crippen LogP contribution in [-0.4, -0.2) is 5.24 Å². The summed E-state index contributed by atoms with van der Waals surface area (Å²) >= 11 is 5.14. The van der Waals surface area contributed by atoms with Gasteiger partial charge in [0.05, 0.1) is 0 Å². The van der Waals surface area contributed by atoms with Crippen molar-refractivity contribution in [2.24, 2.45) is 5.92 Å². The molecule has 1 atom stereocenters. The van der Waals surface area contributed by atoms with Gasteiger partial charge in [0.2, 0.25) is 5.24 Å². The van der Waals surface area contributed by atoms with Crippen molar-refractivity contribution in [1.29, 1.82) is 0 Å². The van der Waals surface area contributed by atoms with Gasteiger partial charge in [0.1, 0.15) is 0 Å². The monoisotopic (exact) mass is 148 g/mol. The van der Waals surface area contributed by atoms with E-state index in [2.05, 4.69) is 13.8 Å². The first-order valence-corrected chi connectivity index (χ1v) is 3.73. The molecule has 0 rings (SSSR count). The van der Waals surface area contributed by atoms with E-state index in [0.717, 1.165) is 12.8 Å². The first-order chi connectivity index (χ1) is 4.16. The van der Waals surface area contributed by atoms with Crippen LogP contribution in [-0.2, 0) is 4.79 Å². The van der Waals surface area contributed by atoms with Crippen molar-refractivity contribution in [2.75, 3.05) is 0 Å². The van der Waals surface area contributed by atoms with Crippen LogP contribution in [0.1, 0.15) is 33.1 Å². The Morgan fingerprint density at radius 3 is 2.56 bits per heavy atom. The molecule has 0 unspecified atom stereocenters. The standard InChI is InChI=1S/C7H13ClO/c1-3-6(2)4-5-7(8)9/h6H,3-5H2,1-2H3/t6-/m0/s1. The lowest BCUT2D eigenvalue weighted by Gasteiger charge is -2.03. The Hall–Kier alpha value is -0.0400. The van der Waals surface area contributed by atoms with Crippen molar-refractivity contribution in [2.45, 2.75) is 33.1 Å². The summed E-state index contributed by atoms with van der Waals surface area (Å²) in [5.41, 5.74) is 0. The lowest BCUT2D eigenvalue weighted by molar-refractivity contribution is -0.111. The van der Waals surface area contributed by atoms with Gasteiger partial charge in [0, 0.05) is 6.42 Å². The first-order valence-electron chi connectivity index (χ1n) is 3.35. The van der Waals surface area contributed by atoms with E-state index in [9.17, 15) is 4.79 Å². The van der Waals surface area contributed by atoms with E-state index >= 15 is 0 Å². The predicted octanol–water partition coefficient (Wildman–Crippen LogP) is 2.58. The van der Waals surface area contributed by atoms with Gasteiger partial charge in [-0.2, -0.15) is 0 Å². The molecule has 1 nitrogen and oxygen atoms in total. The molecule has 0 heterocycles. The zero-order valence-corrected chi connectivity index (χ0v) is 6.74. The maximum absolute atomic E-state index is 10.2. The molecule has 0 N–H and O–H groups in total. The molecule has 0 fully saturated rings. The second-order valence-corrected chi connectivity index (χ2v) is 2.83. The molecule has 0 aliphatic heterocycles. The van der Waals surface area contributed by atoms with Gasteiger partial charge in [-0.15, -0.1) is 0 Å². The normalized spacial score (nSPS) is 13.2. The molecule has 0 aliphatic carbocycles. The zero-order chi connectivity index (χ0) is 7.28. The van der Waals surface area contributed by atoms with Crippen molar-refractivity contribution in [3.63, 3.8) is 0 Å². The fraction of sp³-hybridized carbons (Fsp3) is 0.857. The summed E-state index contributed by atoms with van der Waals surface area (Å²) in [4.78, 5) is 10.2. The molecule has 9 heavy (non-hydrogen) atoms. The lowest BCUT2D eigenvalue weighted by atomic mass is 10.0. The van der Waals surface area contributed by atoms with Crippen molar-refractivity contribution in [1.82, 2.24) is 0 Å². The maximum Gasteiger partial charge on any atom is 0.221 e. The van der Waals surface area contributed by atoms with E-state index in [-0.39, 0.29) is 5.24 Å². The average Bonchev–Trinajstić information content (AvgIpc) is 1.83. The van der Waals surface area contributed by atoms with Gasteiger partial charge in [0.25, 0.3) is 0 Å². The zero-order valence-electron chi connectivity index (χ0n) is 5.98. The third kappa shape index (κ3) is 5.84. The summed E-state index contributed by atoms with van der Waals surface area (Å²) in [6.45, 7) is 4.24. The Balaban J connectivity index is 3.16. The van der Waals surface area contributed by atoms with Crippen LogP contribution in [0.3, 0.4) is 0 Å². The first kappa shape index (κ1) is 8.96. The van der Waals surface area contributed by atoms with Crippen LogP contribution in [0.4, 0.5) is 0 Å². The van der Waals surface area contributed by atoms with E-state index < -0.39 is 0 Å². The van der Waals surface area contributed by atoms with Gasteiger partial charge in [-0.25, -0.2) is 0 Å². The smallest absolute Gasteiger partial charge is 0.221 e. The molecule has 0 bridgehead atoms. The van der Waals surface area contributed by atoms with Gasteiger partial charge in [0.15, 0.2) is 0 Å². The van der Waals surface area contributed by atoms with Crippen LogP contribution < -0.4 is 0 Å². The molecule has 0 saturated carbocycles. The van der Waals surface area contributed by atoms with Gasteiger partial charge in [-0.1, -0.05) is 20.3 Å². The summed E-state index contributed by atoms with van der Waals surface area (Å²) in [6.07, 6.45) is 2.58. The average molecular weight is 149 g/mol. The number of hydrogen-bond donors (Lipinski definition) is 0. The Labute approximate surface area is 61.4 Å². The van der Waals surface area contributed by atoms with E-state index in [1.165, 1.54) is 0 Å². The minimum absolute atomic E-state index is 0.213. The number of halogens is 1. The maximum atomic E-state index is 10.2. The fourth-order valence-electron chi connectivity index (χ4n) is 0.564. The van der Waals surface area contributed by atoms with Gasteiger partial charge in [-0.05, 0) is 23.9 Å². The number of carbonyl (C=O) groups is 1. The van der Waals surface area contributed by atoms with Crippen LogP contribution in [0.25, 0.3) is 0 Å². The highest BCUT2D eigenvalue weighted by molar-refractivity contribution is 6.63. The molecule has 0 aromatic rings. The highest BCUT2D eigenvalue weighted by Crippen LogP contribution is 2.09. The summed E-state index contributed by atoms with van der Waals surface area (Å²) in [7, 11) is 0. The third-order valence-corrected chi connectivity index (χ3v) is 1.72. The van der Waals surface area contributed by atoms with Crippen molar-refractivity contribution in [3.05, 3.63) is 0 Å². The molecule has 0 amide bonds. The topological polar surface area (TPSA) is 17.1 Å². The van der Waals surface area contributed by atoms with Crippen molar-refractivity contribution in [3.8, 4) is 0 Å². The van der Waals surface area contributed by atoms with Crippen molar-refractivity contribution >= 4 is 16.8 Å². The van der Waals surface area contributed by atoms with E-state index in [0.29, 0.717) is 12.3 Å². The molecule has 0 saturated heterocycles. The Morgan fingerprint density at radius 1 is 1.67 bits per heavy atom. The van der Waals surface area contributed by atoms with E-state index in [4.69, 9.17) is 11.6 Å². The minimum Gasteiger partial charge on any atom is -0.281 e. The summed E-state index contributed by atoms with van der Waals surface area (Å²) in [6, 6.07) is 0. The third-order valence-electron chi connectivity index (χ3n) is 1.53. The molecule has 0 aliphatic rings. The summed E-state index contributed by atoms with van der Waals surface area (Å²) in [5.74, 6) is 0.632. The van der Waals surface area contributed by atoms with Gasteiger partial charge in [-0.3, -0.25) is 4.79 Å².